The van der Waals surface area contributed by atoms with Crippen LogP contribution in [-0.2, 0) is 24.8 Å². The van der Waals surface area contributed by atoms with Crippen molar-refractivity contribution in [2.24, 2.45) is 5.92 Å². The number of aromatic nitrogens is 3. The molecule has 402 valence electrons. The molecular weight excluding hydrogens is 1050 g/mol. The summed E-state index contributed by atoms with van der Waals surface area (Å²) in [6.07, 6.45) is 4.30. The number of nitrogens with one attached hydrogen (secondary N) is 4. The summed E-state index contributed by atoms with van der Waals surface area (Å²) in [6, 6.07) is 27.5. The number of hydrogen-bond acceptors (Lipinski definition) is 15. The van der Waals surface area contributed by atoms with Crippen LogP contribution in [0.15, 0.2) is 108 Å². The Bertz CT molecular complexity index is 3670. The van der Waals surface area contributed by atoms with E-state index in [1.54, 1.807) is 30.5 Å². The SMILES string of the molecule is Cc1c(C(=O)NS(C)(=O)=O)c(-c2cccc(N3CCN(c4ccc(C(=O)NS(=O)(=O)c5ccc(NCC6CCOCC6)c([N+](=O)[O-])c5)c(N5CCOc6nc7[nH]ccc7cc65)c4)CC3)c2)c(-c2ccc(Cl)cc2)n1C(C)C. The van der Waals surface area contributed by atoms with Crippen LogP contribution >= 0.6 is 11.6 Å². The molecule has 4 aromatic carbocycles. The maximum Gasteiger partial charge on any atom is 0.293 e. The summed E-state index contributed by atoms with van der Waals surface area (Å²) < 4.78 is 70.8. The summed E-state index contributed by atoms with van der Waals surface area (Å²) in [4.78, 5) is 53.7. The number of piperazine rings is 1. The van der Waals surface area contributed by atoms with E-state index in [0.29, 0.717) is 90.7 Å². The number of pyridine rings is 1. The highest BCUT2D eigenvalue weighted by atomic mass is 35.5. The van der Waals surface area contributed by atoms with Gasteiger partial charge in [0, 0.05) is 97.3 Å². The zero-order valence-corrected chi connectivity index (χ0v) is 45.1. The number of rotatable bonds is 15. The number of ether oxygens (including phenoxy) is 2. The molecule has 0 radical (unpaired) electrons. The molecule has 0 unspecified atom stereocenters. The van der Waals surface area contributed by atoms with Crippen LogP contribution in [0.4, 0.5) is 34.1 Å². The number of nitro benzene ring substituents is 1. The molecule has 3 aliphatic heterocycles. The number of amides is 2. The topological polar surface area (TPSA) is 243 Å². The predicted octanol–water partition coefficient (Wildman–Crippen LogP) is 8.65. The van der Waals surface area contributed by atoms with Crippen LogP contribution < -0.4 is 34.2 Å². The predicted molar refractivity (Wildman–Crippen MR) is 297 cm³/mol. The van der Waals surface area contributed by atoms with Gasteiger partial charge in [-0.1, -0.05) is 35.9 Å². The summed E-state index contributed by atoms with van der Waals surface area (Å²) >= 11 is 6.33. The number of nitrogens with zero attached hydrogens (tertiary/aromatic N) is 6. The molecule has 2 amide bonds. The first-order valence-corrected chi connectivity index (χ1v) is 28.9. The number of fused-ring (bicyclic) bond motifs is 2. The number of carbonyl (C=O) groups excluding carboxylic acids is 2. The highest BCUT2D eigenvalue weighted by molar-refractivity contribution is 7.90. The number of aromatic amines is 1. The van der Waals surface area contributed by atoms with Crippen molar-refractivity contribution in [1.82, 2.24) is 24.0 Å². The fraction of sp³-hybridized carbons (Fsp3) is 0.315. The van der Waals surface area contributed by atoms with Gasteiger partial charge in [-0.2, -0.15) is 4.98 Å². The molecule has 3 aromatic heterocycles. The standard InChI is InChI=1S/C54H57ClN10O10S2/c1-33(2)64-34(3)48(53(67)59-76(4,70)71)49(50(64)36-8-10-39(55)11-9-36)37-6-5-7-40(28-37)61-20-22-62(23-21-61)41-12-14-43(45(30-41)63-24-27-75-54-47(63)29-38-16-19-56-51(38)58-54)52(66)60-77(72,73)42-13-15-44(46(31-42)65(68)69)57-32-35-17-25-74-26-18-35/h5-16,19,28-31,33,35,57H,17-18,20-27,32H2,1-4H3,(H,56,58)(H,59,67)(H,60,66). The number of H-pyrrole nitrogens is 1. The van der Waals surface area contributed by atoms with E-state index < -0.39 is 47.4 Å². The number of anilines is 5. The molecule has 20 nitrogen and oxygen atoms in total. The molecule has 2 fully saturated rings. The zero-order valence-electron chi connectivity index (χ0n) is 42.7. The van der Waals surface area contributed by atoms with Crippen molar-refractivity contribution in [3.05, 3.63) is 135 Å². The van der Waals surface area contributed by atoms with Gasteiger partial charge in [0.25, 0.3) is 27.5 Å². The summed E-state index contributed by atoms with van der Waals surface area (Å²) in [5.74, 6) is -1.12. The summed E-state index contributed by atoms with van der Waals surface area (Å²) in [7, 11) is -8.56. The van der Waals surface area contributed by atoms with E-state index in [9.17, 15) is 36.5 Å². The van der Waals surface area contributed by atoms with Crippen LogP contribution in [0.3, 0.4) is 0 Å². The largest absolute Gasteiger partial charge is 0.474 e. The minimum Gasteiger partial charge on any atom is -0.474 e. The Morgan fingerprint density at radius 2 is 1.55 bits per heavy atom. The normalized spacial score (nSPS) is 15.3. The number of benzene rings is 4. The van der Waals surface area contributed by atoms with Gasteiger partial charge < -0.3 is 39.0 Å². The molecule has 0 bridgehead atoms. The fourth-order valence-electron chi connectivity index (χ4n) is 10.5. The van der Waals surface area contributed by atoms with Crippen LogP contribution in [0.25, 0.3) is 33.4 Å². The van der Waals surface area contributed by atoms with E-state index in [1.807, 2.05) is 84.8 Å². The molecule has 0 aliphatic carbocycles. The van der Waals surface area contributed by atoms with Crippen molar-refractivity contribution in [3.8, 4) is 28.3 Å². The second-order valence-corrected chi connectivity index (χ2v) is 23.5. The van der Waals surface area contributed by atoms with Gasteiger partial charge in [0.2, 0.25) is 15.9 Å². The van der Waals surface area contributed by atoms with Crippen molar-refractivity contribution < 1.29 is 40.8 Å². The van der Waals surface area contributed by atoms with Gasteiger partial charge in [-0.05, 0) is 117 Å². The summed E-state index contributed by atoms with van der Waals surface area (Å²) in [5.41, 5.74) is 6.62. The highest BCUT2D eigenvalue weighted by Gasteiger charge is 2.33. The van der Waals surface area contributed by atoms with Gasteiger partial charge in [-0.25, -0.2) is 26.3 Å². The Hall–Kier alpha value is -7.66. The Morgan fingerprint density at radius 1 is 0.831 bits per heavy atom. The van der Waals surface area contributed by atoms with E-state index in [-0.39, 0.29) is 41.9 Å². The lowest BCUT2D eigenvalue weighted by Gasteiger charge is -2.38. The van der Waals surface area contributed by atoms with E-state index in [1.165, 1.54) is 12.1 Å². The molecule has 2 saturated heterocycles. The monoisotopic (exact) mass is 1100 g/mol. The van der Waals surface area contributed by atoms with Crippen molar-refractivity contribution in [2.45, 2.75) is 44.6 Å². The Morgan fingerprint density at radius 3 is 2.23 bits per heavy atom. The highest BCUT2D eigenvalue weighted by Crippen LogP contribution is 2.44. The van der Waals surface area contributed by atoms with Gasteiger partial charge >= 0.3 is 0 Å². The number of nitro groups is 1. The molecule has 23 heteroatoms. The van der Waals surface area contributed by atoms with Crippen LogP contribution in [-0.4, -0.2) is 113 Å². The maximum absolute atomic E-state index is 14.4. The summed E-state index contributed by atoms with van der Waals surface area (Å²) in [5, 5.41) is 16.7. The molecular formula is C54H57ClN10O10S2. The molecule has 0 saturated carbocycles. The Kier molecular flexibility index (Phi) is 14.7. The number of halogens is 1. The molecule has 10 rings (SSSR count). The van der Waals surface area contributed by atoms with Crippen molar-refractivity contribution in [1.29, 1.82) is 0 Å². The first-order valence-electron chi connectivity index (χ1n) is 25.2. The molecule has 0 spiro atoms. The number of sulfonamides is 2. The van der Waals surface area contributed by atoms with Gasteiger partial charge in [0.1, 0.15) is 23.6 Å². The third kappa shape index (κ3) is 11.0. The van der Waals surface area contributed by atoms with E-state index in [0.717, 1.165) is 53.2 Å². The smallest absolute Gasteiger partial charge is 0.293 e. The van der Waals surface area contributed by atoms with Crippen LogP contribution in [0.5, 0.6) is 5.88 Å². The third-order valence-corrected chi connectivity index (χ3v) is 16.3. The number of carbonyl (C=O) groups is 2. The van der Waals surface area contributed by atoms with E-state index in [4.69, 9.17) is 21.1 Å². The van der Waals surface area contributed by atoms with Crippen LogP contribution in [0, 0.1) is 23.0 Å². The Balaban J connectivity index is 0.948. The van der Waals surface area contributed by atoms with Crippen molar-refractivity contribution in [2.75, 3.05) is 85.4 Å². The fourth-order valence-corrected chi connectivity index (χ4v) is 12.1. The maximum atomic E-state index is 14.4. The molecule has 7 aromatic rings. The van der Waals surface area contributed by atoms with Crippen molar-refractivity contribution >= 4 is 88.6 Å². The minimum atomic E-state index is -4.64. The Labute approximate surface area is 450 Å². The molecule has 6 heterocycles. The van der Waals surface area contributed by atoms with E-state index >= 15 is 0 Å². The van der Waals surface area contributed by atoms with Crippen LogP contribution in [0.2, 0.25) is 5.02 Å². The van der Waals surface area contributed by atoms with Crippen molar-refractivity contribution in [3.63, 3.8) is 0 Å². The van der Waals surface area contributed by atoms with Gasteiger partial charge in [0.05, 0.1) is 45.1 Å². The quantitative estimate of drug-likeness (QED) is 0.0554. The molecule has 0 atom stereocenters. The third-order valence-electron chi connectivity index (χ3n) is 14.2. The van der Waals surface area contributed by atoms with Crippen LogP contribution in [0.1, 0.15) is 59.1 Å². The molecule has 77 heavy (non-hydrogen) atoms. The molecule has 4 N–H and O–H groups in total. The van der Waals surface area contributed by atoms with Gasteiger partial charge in [-0.3, -0.25) is 19.7 Å². The van der Waals surface area contributed by atoms with Gasteiger partial charge in [-0.15, -0.1) is 0 Å². The molecule has 3 aliphatic rings. The first-order chi connectivity index (χ1) is 36.8. The summed E-state index contributed by atoms with van der Waals surface area (Å²) in [6.45, 7) is 10.2. The lowest BCUT2D eigenvalue weighted by molar-refractivity contribution is -0.384. The average molecular weight is 1110 g/mol. The second kappa shape index (κ2) is 21.4. The lowest BCUT2D eigenvalue weighted by atomic mass is 9.96. The number of hydrogen-bond donors (Lipinski definition) is 4. The van der Waals surface area contributed by atoms with Gasteiger partial charge in [0.15, 0.2) is 0 Å². The van der Waals surface area contributed by atoms with E-state index in [2.05, 4.69) is 34.5 Å². The minimum absolute atomic E-state index is 0.0307. The zero-order chi connectivity index (χ0) is 54.3. The average Bonchev–Trinajstić information content (AvgIpc) is 4.18. The first kappa shape index (κ1) is 52.8. The lowest BCUT2D eigenvalue weighted by Crippen LogP contribution is -2.46. The second-order valence-electron chi connectivity index (χ2n) is 19.6.